The van der Waals surface area contributed by atoms with Gasteiger partial charge in [-0.05, 0) is 101 Å². The van der Waals surface area contributed by atoms with E-state index in [1.807, 2.05) is 36.5 Å². The molecule has 1 radical (unpaired) electrons. The Labute approximate surface area is 346 Å². The number of hydrogen-bond donors (Lipinski definition) is 0. The molecule has 0 saturated heterocycles. The van der Waals surface area contributed by atoms with Gasteiger partial charge < -0.3 is 14.0 Å². The summed E-state index contributed by atoms with van der Waals surface area (Å²) in [5.74, 6) is 1.92. The van der Waals surface area contributed by atoms with Crippen molar-refractivity contribution >= 4 is 22.0 Å². The molecule has 0 bridgehead atoms. The SMILES string of the molecule is CC(C)Cc1cc(-c2[c-]cccc2)ncc1C(C)(C)C.Cc1cc(-n2c(-c3[c-]oc4ccc(C(C)C)cc34)nc3ccccc32)cc(C)c1-c1ccccc1.[Ir]. The van der Waals surface area contributed by atoms with Gasteiger partial charge in [0, 0.05) is 43.8 Å². The average Bonchev–Trinajstić information content (AvgIpc) is 3.76. The molecule has 0 spiro atoms. The molecule has 0 aliphatic carbocycles. The second-order valence-corrected chi connectivity index (χ2v) is 16.4. The monoisotopic (exact) mass is 914 g/mol. The number of furan rings is 1. The molecule has 0 aliphatic heterocycles. The first kappa shape index (κ1) is 40.6. The first-order valence-electron chi connectivity index (χ1n) is 19.4. The van der Waals surface area contributed by atoms with Gasteiger partial charge in [0.1, 0.15) is 0 Å². The number of para-hydroxylation sites is 2. The van der Waals surface area contributed by atoms with Gasteiger partial charge in [-0.25, -0.2) is 0 Å². The fourth-order valence-electron chi connectivity index (χ4n) is 7.58. The molecule has 5 aromatic carbocycles. The Morgan fingerprint density at radius 2 is 1.48 bits per heavy atom. The van der Waals surface area contributed by atoms with Crippen LogP contribution in [-0.4, -0.2) is 14.5 Å². The summed E-state index contributed by atoms with van der Waals surface area (Å²) in [6.07, 6.45) is 6.32. The largest absolute Gasteiger partial charge is 0.557 e. The Hall–Kier alpha value is -5.09. The van der Waals surface area contributed by atoms with Gasteiger partial charge in [0.15, 0.2) is 0 Å². The minimum Gasteiger partial charge on any atom is -0.557 e. The third-order valence-electron chi connectivity index (χ3n) is 10.2. The van der Waals surface area contributed by atoms with E-state index in [0.717, 1.165) is 56.8 Å². The summed E-state index contributed by atoms with van der Waals surface area (Å²) in [6, 6.07) is 43.3. The zero-order chi connectivity index (χ0) is 38.9. The molecule has 8 aromatic rings. The third kappa shape index (κ3) is 8.50. The topological polar surface area (TPSA) is 43.9 Å². The van der Waals surface area contributed by atoms with Crippen LogP contribution in [0.1, 0.15) is 82.2 Å². The minimum atomic E-state index is 0. The van der Waals surface area contributed by atoms with Crippen molar-refractivity contribution in [1.82, 2.24) is 14.5 Å². The summed E-state index contributed by atoms with van der Waals surface area (Å²) < 4.78 is 8.11. The van der Waals surface area contributed by atoms with Gasteiger partial charge in [0.05, 0.1) is 16.9 Å². The van der Waals surface area contributed by atoms with Crippen molar-refractivity contribution in [2.75, 3.05) is 0 Å². The van der Waals surface area contributed by atoms with Crippen LogP contribution in [0.5, 0.6) is 0 Å². The maximum atomic E-state index is 5.87. The summed E-state index contributed by atoms with van der Waals surface area (Å²) in [6.45, 7) is 20.1. The smallest absolute Gasteiger partial charge is 0.0774 e. The van der Waals surface area contributed by atoms with Gasteiger partial charge in [0.25, 0.3) is 0 Å². The van der Waals surface area contributed by atoms with Crippen LogP contribution in [-0.2, 0) is 31.9 Å². The fraction of sp³-hybridized carbons (Fsp3) is 0.255. The van der Waals surface area contributed by atoms with E-state index in [0.29, 0.717) is 11.8 Å². The molecule has 0 aliphatic rings. The zero-order valence-electron chi connectivity index (χ0n) is 34.0. The number of benzene rings is 5. The van der Waals surface area contributed by atoms with Crippen LogP contribution in [0.25, 0.3) is 61.5 Å². The number of pyridine rings is 1. The van der Waals surface area contributed by atoms with Gasteiger partial charge in [-0.3, -0.25) is 4.98 Å². The van der Waals surface area contributed by atoms with Crippen molar-refractivity contribution in [2.45, 2.75) is 80.1 Å². The number of rotatable bonds is 7. The molecule has 0 unspecified atom stereocenters. The maximum absolute atomic E-state index is 5.87. The summed E-state index contributed by atoms with van der Waals surface area (Å²) in [5, 5.41) is 1.04. The van der Waals surface area contributed by atoms with Gasteiger partial charge in [-0.2, -0.15) is 0 Å². The van der Waals surface area contributed by atoms with Gasteiger partial charge in [0.2, 0.25) is 0 Å². The molecule has 0 saturated carbocycles. The average molecular weight is 914 g/mol. The van der Waals surface area contributed by atoms with Gasteiger partial charge >= 0.3 is 0 Å². The Morgan fingerprint density at radius 3 is 2.14 bits per heavy atom. The molecular formula is C51H51IrN3O-2. The van der Waals surface area contributed by atoms with Crippen LogP contribution >= 0.6 is 0 Å². The van der Waals surface area contributed by atoms with Crippen LogP contribution in [0.3, 0.4) is 0 Å². The predicted octanol–water partition coefficient (Wildman–Crippen LogP) is 13.7. The van der Waals surface area contributed by atoms with E-state index in [-0.39, 0.29) is 25.5 Å². The van der Waals surface area contributed by atoms with Gasteiger partial charge in [-0.1, -0.05) is 132 Å². The molecule has 3 aromatic heterocycles. The number of hydrogen-bond acceptors (Lipinski definition) is 3. The zero-order valence-corrected chi connectivity index (χ0v) is 36.4. The van der Waals surface area contributed by atoms with E-state index < -0.39 is 0 Å². The molecule has 56 heavy (non-hydrogen) atoms. The van der Waals surface area contributed by atoms with Gasteiger partial charge in [-0.15, -0.1) is 35.9 Å². The first-order chi connectivity index (χ1) is 26.4. The molecule has 4 nitrogen and oxygen atoms in total. The van der Waals surface area contributed by atoms with Crippen LogP contribution < -0.4 is 0 Å². The normalized spacial score (nSPS) is 11.6. The van der Waals surface area contributed by atoms with Crippen molar-refractivity contribution in [1.29, 1.82) is 0 Å². The predicted molar refractivity (Wildman–Crippen MR) is 230 cm³/mol. The molecule has 8 rings (SSSR count). The van der Waals surface area contributed by atoms with Crippen molar-refractivity contribution in [3.63, 3.8) is 0 Å². The Morgan fingerprint density at radius 1 is 0.786 bits per heavy atom. The molecular weight excluding hydrogens is 863 g/mol. The Bertz CT molecular complexity index is 2550. The second kappa shape index (κ2) is 17.0. The molecule has 0 atom stereocenters. The third-order valence-corrected chi connectivity index (χ3v) is 10.2. The van der Waals surface area contributed by atoms with E-state index in [9.17, 15) is 0 Å². The van der Waals surface area contributed by atoms with Crippen molar-refractivity contribution in [3.05, 3.63) is 162 Å². The van der Waals surface area contributed by atoms with Crippen LogP contribution in [0.15, 0.2) is 126 Å². The quantitative estimate of drug-likeness (QED) is 0.150. The molecule has 5 heteroatoms. The van der Waals surface area contributed by atoms with Crippen LogP contribution in [0.2, 0.25) is 0 Å². The molecule has 287 valence electrons. The maximum Gasteiger partial charge on any atom is 0.0774 e. The van der Waals surface area contributed by atoms with Crippen molar-refractivity contribution in [2.24, 2.45) is 5.92 Å². The number of nitrogens with zero attached hydrogens (tertiary/aromatic N) is 3. The van der Waals surface area contributed by atoms with Crippen molar-refractivity contribution < 1.29 is 24.5 Å². The summed E-state index contributed by atoms with van der Waals surface area (Å²) in [5.41, 5.74) is 16.1. The Balaban J connectivity index is 0.000000217. The van der Waals surface area contributed by atoms with Crippen LogP contribution in [0, 0.1) is 32.1 Å². The first-order valence-corrected chi connectivity index (χ1v) is 19.4. The van der Waals surface area contributed by atoms with E-state index in [2.05, 4.69) is 169 Å². The molecule has 0 N–H and O–H groups in total. The summed E-state index contributed by atoms with van der Waals surface area (Å²) in [7, 11) is 0. The minimum absolute atomic E-state index is 0. The van der Waals surface area contributed by atoms with E-state index in [1.54, 1.807) is 0 Å². The summed E-state index contributed by atoms with van der Waals surface area (Å²) >= 11 is 0. The molecule has 3 heterocycles. The van der Waals surface area contributed by atoms with E-state index in [4.69, 9.17) is 9.40 Å². The number of aryl methyl sites for hydroxylation is 2. The second-order valence-electron chi connectivity index (χ2n) is 16.4. The van der Waals surface area contributed by atoms with E-state index in [1.165, 1.54) is 38.9 Å². The number of aromatic nitrogens is 3. The standard InChI is InChI=1S/C32H27N2O.C19H24N.Ir/c1-20(2)24-14-15-30-26(18-24)27(19-35-30)32-33-28-12-8-9-13-29(28)34(32)25-16-21(3)31(22(4)17-25)23-10-6-5-7-11-23;1-14(2)11-16-12-18(15-9-7-6-8-10-15)20-13-17(16)19(3,4)5;/h5-18,20H,1-4H3;6-9,12-14H,11H2,1-5H3;/q2*-1;. The number of fused-ring (bicyclic) bond motifs is 2. The molecule has 0 amide bonds. The van der Waals surface area contributed by atoms with Crippen molar-refractivity contribution in [3.8, 4) is 39.5 Å². The molecule has 0 fully saturated rings. The fourth-order valence-corrected chi connectivity index (χ4v) is 7.58. The van der Waals surface area contributed by atoms with E-state index >= 15 is 0 Å². The number of imidazole rings is 1. The summed E-state index contributed by atoms with van der Waals surface area (Å²) in [4.78, 5) is 9.72. The van der Waals surface area contributed by atoms with Crippen LogP contribution in [0.4, 0.5) is 0 Å². The Kier molecular flexibility index (Phi) is 12.3.